The summed E-state index contributed by atoms with van der Waals surface area (Å²) in [6.45, 7) is 6.56. The van der Waals surface area contributed by atoms with Gasteiger partial charge in [0.1, 0.15) is 11.6 Å². The van der Waals surface area contributed by atoms with E-state index in [1.54, 1.807) is 4.90 Å². The van der Waals surface area contributed by atoms with Gasteiger partial charge < -0.3 is 4.90 Å². The topological polar surface area (TPSA) is 20.3 Å². The summed E-state index contributed by atoms with van der Waals surface area (Å²) in [5.74, 6) is -1.83. The molecule has 0 radical (unpaired) electrons. The van der Waals surface area contributed by atoms with Crippen LogP contribution in [-0.2, 0) is 0 Å². The molecule has 0 aliphatic carbocycles. The fraction of sp³-hybridized carbons (Fsp3) is 0.533. The van der Waals surface area contributed by atoms with E-state index in [0.717, 1.165) is 31.4 Å². The Hall–Kier alpha value is -1.45. The van der Waals surface area contributed by atoms with Crippen molar-refractivity contribution < 1.29 is 13.6 Å². The number of nitrogens with zero attached hydrogens (tertiary/aromatic N) is 1. The zero-order chi connectivity index (χ0) is 14.4. The monoisotopic (exact) mass is 269 g/mol. The number of carbonyl (C=O) groups is 1. The first-order valence-electron chi connectivity index (χ1n) is 6.77. The van der Waals surface area contributed by atoms with Crippen LogP contribution in [0, 0.1) is 11.6 Å². The lowest BCUT2D eigenvalue weighted by Crippen LogP contribution is -2.39. The molecule has 1 amide bonds. The number of amides is 1. The summed E-state index contributed by atoms with van der Waals surface area (Å²) in [6.07, 6.45) is 2.64. The molecule has 0 bridgehead atoms. The smallest absolute Gasteiger partial charge is 0.257 e. The van der Waals surface area contributed by atoms with Gasteiger partial charge in [0.05, 0.1) is 5.56 Å². The van der Waals surface area contributed by atoms with E-state index >= 15 is 0 Å². The van der Waals surface area contributed by atoms with Gasteiger partial charge in [0.2, 0.25) is 0 Å². The van der Waals surface area contributed by atoms with Gasteiger partial charge in [-0.2, -0.15) is 0 Å². The zero-order valence-corrected chi connectivity index (χ0v) is 11.7. The third kappa shape index (κ3) is 4.01. The van der Waals surface area contributed by atoms with Gasteiger partial charge in [-0.1, -0.05) is 20.3 Å². The van der Waals surface area contributed by atoms with E-state index in [0.29, 0.717) is 6.54 Å². The molecule has 1 aromatic rings. The minimum absolute atomic E-state index is 0.0449. The maximum absolute atomic E-state index is 13.7. The van der Waals surface area contributed by atoms with E-state index in [1.165, 1.54) is 6.07 Å². The first kappa shape index (κ1) is 15.6. The summed E-state index contributed by atoms with van der Waals surface area (Å²) in [4.78, 5) is 14.0. The molecule has 1 atom stereocenters. The largest absolute Gasteiger partial charge is 0.336 e. The Morgan fingerprint density at radius 1 is 1.32 bits per heavy atom. The summed E-state index contributed by atoms with van der Waals surface area (Å²) in [5, 5.41) is 0. The van der Waals surface area contributed by atoms with Gasteiger partial charge in [0.25, 0.3) is 5.91 Å². The van der Waals surface area contributed by atoms with Gasteiger partial charge in [-0.15, -0.1) is 0 Å². The van der Waals surface area contributed by atoms with Crippen LogP contribution in [0.15, 0.2) is 18.2 Å². The van der Waals surface area contributed by atoms with E-state index in [1.807, 2.05) is 20.8 Å². The van der Waals surface area contributed by atoms with E-state index in [9.17, 15) is 13.6 Å². The Balaban J connectivity index is 2.97. The summed E-state index contributed by atoms with van der Waals surface area (Å²) in [7, 11) is 0. The number of hydrogen-bond acceptors (Lipinski definition) is 1. The SMILES string of the molecule is CCCCN(C(=O)c1ccc(F)cc1F)C(C)CC. The number of halogens is 2. The predicted octanol–water partition coefficient (Wildman–Crippen LogP) is 4.01. The third-order valence-corrected chi connectivity index (χ3v) is 3.30. The Bertz CT molecular complexity index is 434. The Labute approximate surface area is 113 Å². The van der Waals surface area contributed by atoms with Crippen molar-refractivity contribution in [1.82, 2.24) is 4.90 Å². The predicted molar refractivity (Wildman–Crippen MR) is 72.1 cm³/mol. The van der Waals surface area contributed by atoms with Gasteiger partial charge >= 0.3 is 0 Å². The van der Waals surface area contributed by atoms with Crippen molar-refractivity contribution in [3.05, 3.63) is 35.4 Å². The molecule has 2 nitrogen and oxygen atoms in total. The second kappa shape index (κ2) is 7.22. The Morgan fingerprint density at radius 2 is 2.00 bits per heavy atom. The van der Waals surface area contributed by atoms with E-state index in [-0.39, 0.29) is 17.5 Å². The van der Waals surface area contributed by atoms with Gasteiger partial charge in [0.15, 0.2) is 0 Å². The van der Waals surface area contributed by atoms with Crippen molar-refractivity contribution in [3.63, 3.8) is 0 Å². The molecule has 1 rings (SSSR count). The van der Waals surface area contributed by atoms with Crippen molar-refractivity contribution in [1.29, 1.82) is 0 Å². The summed E-state index contributed by atoms with van der Waals surface area (Å²) in [5.41, 5.74) is -0.0576. The van der Waals surface area contributed by atoms with Crippen LogP contribution in [0.2, 0.25) is 0 Å². The van der Waals surface area contributed by atoms with Crippen LogP contribution in [0.3, 0.4) is 0 Å². The molecular formula is C15H21F2NO. The lowest BCUT2D eigenvalue weighted by atomic mass is 10.1. The fourth-order valence-electron chi connectivity index (χ4n) is 1.89. The molecule has 0 saturated heterocycles. The summed E-state index contributed by atoms with van der Waals surface area (Å²) in [6, 6.07) is 3.13. The molecule has 0 fully saturated rings. The van der Waals surface area contributed by atoms with E-state index in [4.69, 9.17) is 0 Å². The van der Waals surface area contributed by atoms with Gasteiger partial charge in [-0.3, -0.25) is 4.79 Å². The molecule has 0 aliphatic rings. The van der Waals surface area contributed by atoms with E-state index < -0.39 is 11.6 Å². The lowest BCUT2D eigenvalue weighted by molar-refractivity contribution is 0.0680. The number of rotatable bonds is 6. The second-order valence-electron chi connectivity index (χ2n) is 4.73. The molecule has 0 saturated carbocycles. The number of carbonyl (C=O) groups excluding carboxylic acids is 1. The Kier molecular flexibility index (Phi) is 5.93. The lowest BCUT2D eigenvalue weighted by Gasteiger charge is -2.28. The van der Waals surface area contributed by atoms with E-state index in [2.05, 4.69) is 0 Å². The van der Waals surface area contributed by atoms with Crippen molar-refractivity contribution in [2.24, 2.45) is 0 Å². The van der Waals surface area contributed by atoms with Crippen LogP contribution < -0.4 is 0 Å². The average molecular weight is 269 g/mol. The van der Waals surface area contributed by atoms with Crippen molar-refractivity contribution in [2.75, 3.05) is 6.54 Å². The Morgan fingerprint density at radius 3 is 2.53 bits per heavy atom. The van der Waals surface area contributed by atoms with Crippen LogP contribution >= 0.6 is 0 Å². The van der Waals surface area contributed by atoms with Crippen molar-refractivity contribution >= 4 is 5.91 Å². The first-order chi connectivity index (χ1) is 9.01. The van der Waals surface area contributed by atoms with Crippen molar-refractivity contribution in [2.45, 2.75) is 46.1 Å². The molecule has 4 heteroatoms. The maximum atomic E-state index is 13.7. The zero-order valence-electron chi connectivity index (χ0n) is 11.7. The highest BCUT2D eigenvalue weighted by molar-refractivity contribution is 5.94. The molecule has 0 N–H and O–H groups in total. The highest BCUT2D eigenvalue weighted by atomic mass is 19.1. The molecule has 0 aliphatic heterocycles. The molecule has 19 heavy (non-hydrogen) atoms. The van der Waals surface area contributed by atoms with Crippen LogP contribution in [0.1, 0.15) is 50.4 Å². The fourth-order valence-corrected chi connectivity index (χ4v) is 1.89. The van der Waals surface area contributed by atoms with Crippen LogP contribution in [-0.4, -0.2) is 23.4 Å². The van der Waals surface area contributed by atoms with Crippen LogP contribution in [0.25, 0.3) is 0 Å². The highest BCUT2D eigenvalue weighted by Gasteiger charge is 2.22. The minimum Gasteiger partial charge on any atom is -0.336 e. The number of unbranched alkanes of at least 4 members (excludes halogenated alkanes) is 1. The normalized spacial score (nSPS) is 12.3. The summed E-state index contributed by atoms with van der Waals surface area (Å²) >= 11 is 0. The quantitative estimate of drug-likeness (QED) is 0.764. The van der Waals surface area contributed by atoms with Gasteiger partial charge in [-0.25, -0.2) is 8.78 Å². The molecule has 0 aromatic heterocycles. The molecule has 0 spiro atoms. The summed E-state index contributed by atoms with van der Waals surface area (Å²) < 4.78 is 26.5. The second-order valence-corrected chi connectivity index (χ2v) is 4.73. The molecular weight excluding hydrogens is 248 g/mol. The molecule has 1 aromatic carbocycles. The third-order valence-electron chi connectivity index (χ3n) is 3.30. The molecule has 1 unspecified atom stereocenters. The standard InChI is InChI=1S/C15H21F2NO/c1-4-6-9-18(11(3)5-2)15(19)13-8-7-12(16)10-14(13)17/h7-8,10-11H,4-6,9H2,1-3H3. The minimum atomic E-state index is -0.796. The average Bonchev–Trinajstić information content (AvgIpc) is 2.38. The first-order valence-corrected chi connectivity index (χ1v) is 6.77. The van der Waals surface area contributed by atoms with Crippen molar-refractivity contribution in [3.8, 4) is 0 Å². The van der Waals surface area contributed by atoms with Gasteiger partial charge in [0, 0.05) is 18.7 Å². The van der Waals surface area contributed by atoms with Gasteiger partial charge in [-0.05, 0) is 31.9 Å². The maximum Gasteiger partial charge on any atom is 0.257 e. The highest BCUT2D eigenvalue weighted by Crippen LogP contribution is 2.16. The number of benzene rings is 1. The van der Waals surface area contributed by atoms with Crippen LogP contribution in [0.4, 0.5) is 8.78 Å². The number of hydrogen-bond donors (Lipinski definition) is 0. The molecule has 0 heterocycles. The molecule has 106 valence electrons. The van der Waals surface area contributed by atoms with Crippen LogP contribution in [0.5, 0.6) is 0 Å².